The SMILES string of the molecule is CCC(=O)c1cccc(C(C)(C)C)c1OCc1ccccc1. The highest BCUT2D eigenvalue weighted by Gasteiger charge is 2.23. The minimum atomic E-state index is -0.0734. The Morgan fingerprint density at radius 3 is 2.27 bits per heavy atom. The maximum absolute atomic E-state index is 12.2. The predicted molar refractivity (Wildman–Crippen MR) is 90.5 cm³/mol. The van der Waals surface area contributed by atoms with Gasteiger partial charge in [-0.25, -0.2) is 0 Å². The van der Waals surface area contributed by atoms with Crippen LogP contribution in [0.3, 0.4) is 0 Å². The summed E-state index contributed by atoms with van der Waals surface area (Å²) in [6.45, 7) is 8.76. The van der Waals surface area contributed by atoms with Crippen LogP contribution in [0.5, 0.6) is 5.75 Å². The van der Waals surface area contributed by atoms with E-state index in [9.17, 15) is 4.79 Å². The van der Waals surface area contributed by atoms with E-state index in [-0.39, 0.29) is 11.2 Å². The molecular weight excluding hydrogens is 272 g/mol. The molecule has 0 radical (unpaired) electrons. The topological polar surface area (TPSA) is 26.3 Å². The summed E-state index contributed by atoms with van der Waals surface area (Å²) >= 11 is 0. The fraction of sp³-hybridized carbons (Fsp3) is 0.350. The summed E-state index contributed by atoms with van der Waals surface area (Å²) in [7, 11) is 0. The van der Waals surface area contributed by atoms with Gasteiger partial charge in [0.05, 0.1) is 5.56 Å². The van der Waals surface area contributed by atoms with E-state index in [4.69, 9.17) is 4.74 Å². The monoisotopic (exact) mass is 296 g/mol. The third-order valence-corrected chi connectivity index (χ3v) is 3.67. The van der Waals surface area contributed by atoms with Gasteiger partial charge in [-0.1, -0.05) is 70.2 Å². The van der Waals surface area contributed by atoms with Crippen LogP contribution in [0.4, 0.5) is 0 Å². The van der Waals surface area contributed by atoms with Crippen LogP contribution in [0.2, 0.25) is 0 Å². The number of rotatable bonds is 5. The standard InChI is InChI=1S/C20H24O2/c1-5-18(21)16-12-9-13-17(20(2,3)4)19(16)22-14-15-10-7-6-8-11-15/h6-13H,5,14H2,1-4H3. The second-order valence-electron chi connectivity index (χ2n) is 6.48. The fourth-order valence-electron chi connectivity index (χ4n) is 2.42. The van der Waals surface area contributed by atoms with Crippen LogP contribution in [0.15, 0.2) is 48.5 Å². The number of hydrogen-bond acceptors (Lipinski definition) is 2. The van der Waals surface area contributed by atoms with Crippen LogP contribution >= 0.6 is 0 Å². The van der Waals surface area contributed by atoms with Gasteiger partial charge in [-0.2, -0.15) is 0 Å². The van der Waals surface area contributed by atoms with Crippen molar-refractivity contribution in [3.8, 4) is 5.75 Å². The third kappa shape index (κ3) is 3.76. The maximum atomic E-state index is 12.2. The van der Waals surface area contributed by atoms with Gasteiger partial charge in [-0.3, -0.25) is 4.79 Å². The van der Waals surface area contributed by atoms with Crippen molar-refractivity contribution in [1.29, 1.82) is 0 Å². The molecule has 0 atom stereocenters. The van der Waals surface area contributed by atoms with E-state index < -0.39 is 0 Å². The third-order valence-electron chi connectivity index (χ3n) is 3.67. The molecule has 0 unspecified atom stereocenters. The Morgan fingerprint density at radius 1 is 1.00 bits per heavy atom. The van der Waals surface area contributed by atoms with E-state index in [1.807, 2.05) is 55.5 Å². The first kappa shape index (κ1) is 16.3. The lowest BCUT2D eigenvalue weighted by molar-refractivity contribution is 0.0983. The zero-order valence-electron chi connectivity index (χ0n) is 13.8. The van der Waals surface area contributed by atoms with Crippen molar-refractivity contribution < 1.29 is 9.53 Å². The van der Waals surface area contributed by atoms with Gasteiger partial charge in [-0.15, -0.1) is 0 Å². The molecule has 0 spiro atoms. The van der Waals surface area contributed by atoms with E-state index in [1.54, 1.807) is 0 Å². The number of ether oxygens (including phenoxy) is 1. The van der Waals surface area contributed by atoms with E-state index in [0.717, 1.165) is 16.9 Å². The summed E-state index contributed by atoms with van der Waals surface area (Å²) in [5.41, 5.74) is 2.78. The lowest BCUT2D eigenvalue weighted by Crippen LogP contribution is -2.16. The van der Waals surface area contributed by atoms with Crippen molar-refractivity contribution in [2.24, 2.45) is 0 Å². The van der Waals surface area contributed by atoms with Gasteiger partial charge in [0.25, 0.3) is 0 Å². The Bertz CT molecular complexity index is 637. The zero-order chi connectivity index (χ0) is 16.2. The lowest BCUT2D eigenvalue weighted by Gasteiger charge is -2.24. The molecule has 0 aliphatic rings. The molecule has 2 aromatic carbocycles. The second kappa shape index (κ2) is 6.78. The predicted octanol–water partition coefficient (Wildman–Crippen LogP) is 5.16. The minimum absolute atomic E-state index is 0.0734. The average molecular weight is 296 g/mol. The van der Waals surface area contributed by atoms with Crippen LogP contribution in [0, 0.1) is 0 Å². The van der Waals surface area contributed by atoms with Crippen molar-refractivity contribution in [2.45, 2.75) is 46.1 Å². The van der Waals surface area contributed by atoms with Gasteiger partial charge in [0, 0.05) is 12.0 Å². The van der Waals surface area contributed by atoms with Crippen LogP contribution in [-0.2, 0) is 12.0 Å². The van der Waals surface area contributed by atoms with Crippen molar-refractivity contribution in [1.82, 2.24) is 0 Å². The van der Waals surface area contributed by atoms with Crippen molar-refractivity contribution >= 4 is 5.78 Å². The number of Topliss-reactive ketones (excluding diaryl/α,β-unsaturated/α-hetero) is 1. The van der Waals surface area contributed by atoms with Crippen LogP contribution < -0.4 is 4.74 Å². The molecule has 2 aromatic rings. The molecule has 0 saturated carbocycles. The Kier molecular flexibility index (Phi) is 5.02. The molecule has 2 heteroatoms. The van der Waals surface area contributed by atoms with Crippen molar-refractivity contribution in [2.75, 3.05) is 0 Å². The molecule has 0 fully saturated rings. The summed E-state index contributed by atoms with van der Waals surface area (Å²) in [5, 5.41) is 0. The fourth-order valence-corrected chi connectivity index (χ4v) is 2.42. The normalized spacial score (nSPS) is 11.3. The quantitative estimate of drug-likeness (QED) is 0.713. The summed E-state index contributed by atoms with van der Waals surface area (Å²) < 4.78 is 6.08. The van der Waals surface area contributed by atoms with Gasteiger partial charge in [-0.05, 0) is 17.0 Å². The van der Waals surface area contributed by atoms with Gasteiger partial charge >= 0.3 is 0 Å². The number of para-hydroxylation sites is 1. The molecule has 0 saturated heterocycles. The van der Waals surface area contributed by atoms with Crippen LogP contribution in [0.1, 0.15) is 55.6 Å². The molecule has 2 rings (SSSR count). The molecule has 0 N–H and O–H groups in total. The Morgan fingerprint density at radius 2 is 1.68 bits per heavy atom. The number of carbonyl (C=O) groups is 1. The molecule has 0 amide bonds. The van der Waals surface area contributed by atoms with Gasteiger partial charge in [0.15, 0.2) is 5.78 Å². The Hall–Kier alpha value is -2.09. The van der Waals surface area contributed by atoms with Crippen LogP contribution in [-0.4, -0.2) is 5.78 Å². The summed E-state index contributed by atoms with van der Waals surface area (Å²) in [6.07, 6.45) is 0.481. The molecule has 0 aliphatic carbocycles. The van der Waals surface area contributed by atoms with Gasteiger partial charge < -0.3 is 4.74 Å². The van der Waals surface area contributed by atoms with E-state index in [1.165, 1.54) is 0 Å². The number of carbonyl (C=O) groups excluding carboxylic acids is 1. The molecule has 116 valence electrons. The van der Waals surface area contributed by atoms with Crippen LogP contribution in [0.25, 0.3) is 0 Å². The highest BCUT2D eigenvalue weighted by atomic mass is 16.5. The van der Waals surface area contributed by atoms with E-state index in [2.05, 4.69) is 20.8 Å². The smallest absolute Gasteiger partial charge is 0.166 e. The first-order valence-corrected chi connectivity index (χ1v) is 7.77. The van der Waals surface area contributed by atoms with E-state index in [0.29, 0.717) is 18.6 Å². The molecule has 0 aliphatic heterocycles. The maximum Gasteiger partial charge on any atom is 0.166 e. The molecule has 0 heterocycles. The molecule has 2 nitrogen and oxygen atoms in total. The summed E-state index contributed by atoms with van der Waals surface area (Å²) in [6, 6.07) is 15.9. The minimum Gasteiger partial charge on any atom is -0.488 e. The molecule has 22 heavy (non-hydrogen) atoms. The first-order chi connectivity index (χ1) is 10.4. The largest absolute Gasteiger partial charge is 0.488 e. The molecule has 0 aromatic heterocycles. The van der Waals surface area contributed by atoms with Crippen molar-refractivity contribution in [3.63, 3.8) is 0 Å². The lowest BCUT2D eigenvalue weighted by atomic mass is 9.84. The number of benzene rings is 2. The number of ketones is 1. The molecule has 0 bridgehead atoms. The summed E-state index contributed by atoms with van der Waals surface area (Å²) in [4.78, 5) is 12.2. The highest BCUT2D eigenvalue weighted by Crippen LogP contribution is 2.35. The second-order valence-corrected chi connectivity index (χ2v) is 6.48. The summed E-state index contributed by atoms with van der Waals surface area (Å²) in [5.74, 6) is 0.847. The Balaban J connectivity index is 2.39. The van der Waals surface area contributed by atoms with Crippen molar-refractivity contribution in [3.05, 3.63) is 65.2 Å². The highest BCUT2D eigenvalue weighted by molar-refractivity contribution is 5.99. The zero-order valence-corrected chi connectivity index (χ0v) is 13.8. The van der Waals surface area contributed by atoms with E-state index >= 15 is 0 Å². The first-order valence-electron chi connectivity index (χ1n) is 7.77. The van der Waals surface area contributed by atoms with Gasteiger partial charge in [0.1, 0.15) is 12.4 Å². The Labute approximate surface area is 133 Å². The number of hydrogen-bond donors (Lipinski definition) is 0. The average Bonchev–Trinajstić information content (AvgIpc) is 2.52. The van der Waals surface area contributed by atoms with Gasteiger partial charge in [0.2, 0.25) is 0 Å². The molecular formula is C20H24O2.